The normalized spacial score (nSPS) is 20.8. The molecule has 154 valence electrons. The number of hydrogen-bond acceptors (Lipinski definition) is 4. The monoisotopic (exact) mass is 389 g/mol. The zero-order valence-electron chi connectivity index (χ0n) is 17.1. The number of ether oxygens (including phenoxy) is 2. The third-order valence-corrected chi connectivity index (χ3v) is 5.39. The van der Waals surface area contributed by atoms with Crippen LogP contribution in [0, 0.1) is 0 Å². The summed E-state index contributed by atoms with van der Waals surface area (Å²) in [4.78, 5) is 25.4. The molecule has 1 aromatic rings. The highest BCUT2D eigenvalue weighted by atomic mass is 16.6. The lowest BCUT2D eigenvalue weighted by atomic mass is 9.83. The van der Waals surface area contributed by atoms with Gasteiger partial charge < -0.3 is 19.5 Å². The lowest BCUT2D eigenvalue weighted by Crippen LogP contribution is -2.36. The zero-order valence-corrected chi connectivity index (χ0v) is 17.1. The first kappa shape index (κ1) is 20.5. The van der Waals surface area contributed by atoms with E-state index in [1.807, 2.05) is 20.8 Å². The second-order valence-corrected chi connectivity index (χ2v) is 8.85. The van der Waals surface area contributed by atoms with E-state index in [2.05, 4.69) is 0 Å². The maximum atomic E-state index is 12.3. The molecule has 1 saturated heterocycles. The van der Waals surface area contributed by atoms with Crippen LogP contribution in [-0.4, -0.2) is 46.9 Å². The van der Waals surface area contributed by atoms with Crippen LogP contribution in [0.1, 0.15) is 81.1 Å². The Morgan fingerprint density at radius 3 is 2.46 bits per heavy atom. The van der Waals surface area contributed by atoms with Gasteiger partial charge in [-0.1, -0.05) is 19.3 Å². The number of aromatic carboxylic acids is 1. The first-order valence-electron chi connectivity index (χ1n) is 10.2. The van der Waals surface area contributed by atoms with Gasteiger partial charge in [0, 0.05) is 13.0 Å². The minimum Gasteiger partial charge on any atom is -0.488 e. The van der Waals surface area contributed by atoms with Crippen LogP contribution >= 0.6 is 0 Å². The molecule has 2 aliphatic rings. The summed E-state index contributed by atoms with van der Waals surface area (Å²) < 4.78 is 11.7. The van der Waals surface area contributed by atoms with Crippen molar-refractivity contribution in [3.8, 4) is 5.75 Å². The Hall–Kier alpha value is -2.24. The quantitative estimate of drug-likeness (QED) is 0.799. The van der Waals surface area contributed by atoms with E-state index in [1.165, 1.54) is 6.42 Å². The van der Waals surface area contributed by atoms with Crippen LogP contribution in [-0.2, 0) is 4.74 Å². The highest BCUT2D eigenvalue weighted by Crippen LogP contribution is 2.38. The smallest absolute Gasteiger partial charge is 0.410 e. The highest BCUT2D eigenvalue weighted by Gasteiger charge is 2.32. The van der Waals surface area contributed by atoms with Crippen LogP contribution < -0.4 is 4.74 Å². The Balaban J connectivity index is 1.71. The van der Waals surface area contributed by atoms with Gasteiger partial charge in [-0.25, -0.2) is 9.59 Å². The summed E-state index contributed by atoms with van der Waals surface area (Å²) in [6, 6.07) is 5.16. The van der Waals surface area contributed by atoms with Gasteiger partial charge in [0.2, 0.25) is 0 Å². The summed E-state index contributed by atoms with van der Waals surface area (Å²) in [5.74, 6) is 0.180. The van der Waals surface area contributed by atoms with Gasteiger partial charge >= 0.3 is 12.1 Å². The third kappa shape index (κ3) is 5.18. The van der Waals surface area contributed by atoms with Crippen LogP contribution in [0.25, 0.3) is 0 Å². The standard InChI is InChI=1S/C22H31NO5/c1-22(2,3)28-21(26)23-12-11-17(14-23)27-19-10-9-16(20(24)25)13-18(19)15-7-5-4-6-8-15/h9-10,13,15,17H,4-8,11-12,14H2,1-3H3,(H,24,25)/t17-/m0/s1. The summed E-state index contributed by atoms with van der Waals surface area (Å²) in [6.45, 7) is 6.66. The highest BCUT2D eigenvalue weighted by molar-refractivity contribution is 5.88. The summed E-state index contributed by atoms with van der Waals surface area (Å²) in [7, 11) is 0. The number of carboxylic acids is 1. The van der Waals surface area contributed by atoms with Crippen LogP contribution in [0.2, 0.25) is 0 Å². The first-order valence-corrected chi connectivity index (χ1v) is 10.2. The van der Waals surface area contributed by atoms with Crippen molar-refractivity contribution in [1.82, 2.24) is 4.90 Å². The van der Waals surface area contributed by atoms with Gasteiger partial charge in [-0.15, -0.1) is 0 Å². The number of benzene rings is 1. The Labute approximate surface area is 166 Å². The second-order valence-electron chi connectivity index (χ2n) is 8.85. The van der Waals surface area contributed by atoms with Crippen molar-refractivity contribution in [2.24, 2.45) is 0 Å². The average molecular weight is 389 g/mol. The third-order valence-electron chi connectivity index (χ3n) is 5.39. The fourth-order valence-corrected chi connectivity index (χ4v) is 4.02. The maximum absolute atomic E-state index is 12.3. The van der Waals surface area contributed by atoms with E-state index in [1.54, 1.807) is 23.1 Å². The first-order chi connectivity index (χ1) is 13.2. The molecule has 1 N–H and O–H groups in total. The van der Waals surface area contributed by atoms with Crippen LogP contribution in [0.5, 0.6) is 5.75 Å². The molecular weight excluding hydrogens is 358 g/mol. The van der Waals surface area contributed by atoms with Crippen molar-refractivity contribution in [2.45, 2.75) is 76.9 Å². The van der Waals surface area contributed by atoms with Gasteiger partial charge in [0.1, 0.15) is 17.5 Å². The lowest BCUT2D eigenvalue weighted by Gasteiger charge is -2.26. The van der Waals surface area contributed by atoms with Crippen molar-refractivity contribution >= 4 is 12.1 Å². The number of carboxylic acid groups (broad SMARTS) is 1. The molecule has 1 aliphatic heterocycles. The predicted octanol–water partition coefficient (Wildman–Crippen LogP) is 4.82. The van der Waals surface area contributed by atoms with Crippen molar-refractivity contribution in [3.05, 3.63) is 29.3 Å². The molecular formula is C22H31NO5. The molecule has 0 spiro atoms. The predicted molar refractivity (Wildman–Crippen MR) is 106 cm³/mol. The second kappa shape index (κ2) is 8.41. The minimum atomic E-state index is -0.916. The lowest BCUT2D eigenvalue weighted by molar-refractivity contribution is 0.0275. The fourth-order valence-electron chi connectivity index (χ4n) is 4.02. The Bertz CT molecular complexity index is 718. The SMILES string of the molecule is CC(C)(C)OC(=O)N1CC[C@H](Oc2ccc(C(=O)O)cc2C2CCCCC2)C1. The van der Waals surface area contributed by atoms with Crippen molar-refractivity contribution in [3.63, 3.8) is 0 Å². The van der Waals surface area contributed by atoms with E-state index < -0.39 is 11.6 Å². The number of nitrogens with zero attached hydrogens (tertiary/aromatic N) is 1. The molecule has 0 aromatic heterocycles. The van der Waals surface area contributed by atoms with Crippen LogP contribution in [0.15, 0.2) is 18.2 Å². The molecule has 28 heavy (non-hydrogen) atoms. The van der Waals surface area contributed by atoms with Crippen LogP contribution in [0.3, 0.4) is 0 Å². The molecule has 0 unspecified atom stereocenters. The zero-order chi connectivity index (χ0) is 20.3. The summed E-state index contributed by atoms with van der Waals surface area (Å²) in [5.41, 5.74) is 0.779. The van der Waals surface area contributed by atoms with Gasteiger partial charge in [0.05, 0.1) is 12.1 Å². The Morgan fingerprint density at radius 2 is 1.82 bits per heavy atom. The number of likely N-dealkylation sites (tertiary alicyclic amines) is 1. The largest absolute Gasteiger partial charge is 0.488 e. The molecule has 1 aromatic carbocycles. The van der Waals surface area contributed by atoms with Crippen LogP contribution in [0.4, 0.5) is 4.79 Å². The molecule has 1 amide bonds. The molecule has 0 bridgehead atoms. The van der Waals surface area contributed by atoms with E-state index in [0.29, 0.717) is 24.6 Å². The Morgan fingerprint density at radius 1 is 1.11 bits per heavy atom. The molecule has 2 fully saturated rings. The maximum Gasteiger partial charge on any atom is 0.410 e. The van der Waals surface area contributed by atoms with Gasteiger partial charge in [0.15, 0.2) is 0 Å². The van der Waals surface area contributed by atoms with E-state index in [9.17, 15) is 14.7 Å². The minimum absolute atomic E-state index is 0.106. The topological polar surface area (TPSA) is 76.1 Å². The van der Waals surface area contributed by atoms with E-state index in [-0.39, 0.29) is 12.2 Å². The Kier molecular flexibility index (Phi) is 6.16. The van der Waals surface area contributed by atoms with Crippen molar-refractivity contribution in [2.75, 3.05) is 13.1 Å². The molecule has 1 heterocycles. The van der Waals surface area contributed by atoms with E-state index in [0.717, 1.165) is 43.4 Å². The molecule has 1 atom stereocenters. The number of carbonyl (C=O) groups excluding carboxylic acids is 1. The summed E-state index contributed by atoms with van der Waals surface area (Å²) in [5, 5.41) is 9.37. The molecule has 3 rings (SSSR count). The van der Waals surface area contributed by atoms with Crippen molar-refractivity contribution < 1.29 is 24.2 Å². The molecule has 0 radical (unpaired) electrons. The van der Waals surface area contributed by atoms with Gasteiger partial charge in [-0.3, -0.25) is 0 Å². The number of carbonyl (C=O) groups is 2. The van der Waals surface area contributed by atoms with E-state index in [4.69, 9.17) is 9.47 Å². The van der Waals surface area contributed by atoms with Gasteiger partial charge in [0.25, 0.3) is 0 Å². The molecule has 6 heteroatoms. The van der Waals surface area contributed by atoms with Gasteiger partial charge in [-0.05, 0) is 63.3 Å². The molecule has 1 saturated carbocycles. The van der Waals surface area contributed by atoms with E-state index >= 15 is 0 Å². The van der Waals surface area contributed by atoms with Crippen molar-refractivity contribution in [1.29, 1.82) is 0 Å². The number of amides is 1. The number of rotatable bonds is 4. The fraction of sp³-hybridized carbons (Fsp3) is 0.636. The summed E-state index contributed by atoms with van der Waals surface area (Å²) >= 11 is 0. The summed E-state index contributed by atoms with van der Waals surface area (Å²) in [6.07, 6.45) is 6.01. The molecule has 1 aliphatic carbocycles. The molecule has 6 nitrogen and oxygen atoms in total. The average Bonchev–Trinajstić information content (AvgIpc) is 3.10. The van der Waals surface area contributed by atoms with Gasteiger partial charge in [-0.2, -0.15) is 0 Å². The number of hydrogen-bond donors (Lipinski definition) is 1.